The summed E-state index contributed by atoms with van der Waals surface area (Å²) in [5.41, 5.74) is 0. The third kappa shape index (κ3) is 2.41. The second-order valence-electron chi connectivity index (χ2n) is 3.77. The first-order valence-electron chi connectivity index (χ1n) is 5.71. The van der Waals surface area contributed by atoms with Gasteiger partial charge in [0.15, 0.2) is 21.1 Å². The zero-order valence-corrected chi connectivity index (χ0v) is 12.0. The fourth-order valence-corrected chi connectivity index (χ4v) is 3.12. The lowest BCUT2D eigenvalue weighted by molar-refractivity contribution is 0.572. The summed E-state index contributed by atoms with van der Waals surface area (Å²) >= 11 is 2.84. The van der Waals surface area contributed by atoms with Crippen LogP contribution in [0.5, 0.6) is 0 Å². The van der Waals surface area contributed by atoms with Crippen molar-refractivity contribution >= 4 is 23.3 Å². The Labute approximate surface area is 118 Å². The topological polar surface area (TPSA) is 69.6 Å². The predicted octanol–water partition coefficient (Wildman–Crippen LogP) is 2.64. The van der Waals surface area contributed by atoms with Crippen molar-refractivity contribution in [2.24, 2.45) is 7.05 Å². The normalized spacial score (nSPS) is 11.1. The molecule has 3 rings (SSSR count). The molecule has 0 aliphatic heterocycles. The maximum absolute atomic E-state index is 5.33. The van der Waals surface area contributed by atoms with Crippen LogP contribution in [0.1, 0.15) is 12.7 Å². The van der Waals surface area contributed by atoms with E-state index in [1.165, 1.54) is 23.3 Å². The van der Waals surface area contributed by atoms with Crippen LogP contribution in [0.15, 0.2) is 32.3 Å². The second-order valence-corrected chi connectivity index (χ2v) is 5.74. The first kappa shape index (κ1) is 12.4. The van der Waals surface area contributed by atoms with E-state index in [4.69, 9.17) is 4.42 Å². The summed E-state index contributed by atoms with van der Waals surface area (Å²) in [5.74, 6) is 2.27. The molecule has 0 aromatic carbocycles. The van der Waals surface area contributed by atoms with E-state index in [-0.39, 0.29) is 0 Å². The minimum atomic E-state index is 0.702. The first-order chi connectivity index (χ1) is 9.28. The molecular weight excluding hydrogens is 282 g/mol. The molecule has 0 fully saturated rings. The molecule has 3 aromatic rings. The van der Waals surface area contributed by atoms with Gasteiger partial charge in [-0.25, -0.2) is 4.98 Å². The summed E-state index contributed by atoms with van der Waals surface area (Å²) < 4.78 is 12.3. The maximum atomic E-state index is 5.33. The van der Waals surface area contributed by atoms with Crippen LogP contribution in [0.25, 0.3) is 11.6 Å². The summed E-state index contributed by atoms with van der Waals surface area (Å²) in [6.07, 6.45) is 2.46. The molecule has 0 radical (unpaired) electrons. The van der Waals surface area contributed by atoms with Crippen LogP contribution in [-0.2, 0) is 13.5 Å². The lowest BCUT2D eigenvalue weighted by atomic mass is 10.4. The summed E-state index contributed by atoms with van der Waals surface area (Å²) in [6.45, 7) is 2.04. The van der Waals surface area contributed by atoms with Crippen molar-refractivity contribution < 1.29 is 4.42 Å². The van der Waals surface area contributed by atoms with Crippen molar-refractivity contribution in [3.05, 3.63) is 24.2 Å². The van der Waals surface area contributed by atoms with E-state index in [2.05, 4.69) is 19.6 Å². The minimum Gasteiger partial charge on any atom is -0.461 e. The Bertz CT molecular complexity index is 673. The molecule has 0 bridgehead atoms. The fourth-order valence-electron chi connectivity index (χ4n) is 1.53. The van der Waals surface area contributed by atoms with Gasteiger partial charge in [0.25, 0.3) is 0 Å². The van der Waals surface area contributed by atoms with E-state index < -0.39 is 0 Å². The third-order valence-corrected chi connectivity index (χ3v) is 4.35. The van der Waals surface area contributed by atoms with Gasteiger partial charge in [0.05, 0.1) is 6.26 Å². The molecule has 0 aliphatic carbocycles. The van der Waals surface area contributed by atoms with Gasteiger partial charge in [-0.15, -0.1) is 10.2 Å². The van der Waals surface area contributed by atoms with Gasteiger partial charge < -0.3 is 8.98 Å². The number of hydrogen-bond acceptors (Lipinski definition) is 7. The fraction of sp³-hybridized carbons (Fsp3) is 0.273. The van der Waals surface area contributed by atoms with Crippen LogP contribution in [0, 0.1) is 0 Å². The highest BCUT2D eigenvalue weighted by molar-refractivity contribution is 8.00. The highest BCUT2D eigenvalue weighted by Crippen LogP contribution is 2.29. The van der Waals surface area contributed by atoms with Crippen LogP contribution in [-0.4, -0.2) is 24.1 Å². The largest absolute Gasteiger partial charge is 0.461 e. The van der Waals surface area contributed by atoms with Gasteiger partial charge >= 0.3 is 0 Å². The molecule has 0 aliphatic rings. The Hall–Kier alpha value is -1.67. The quantitative estimate of drug-likeness (QED) is 0.736. The standard InChI is InChI=1S/C11H11N5OS2/c1-3-8-12-11(19-15-8)18-10-14-13-9(16(10)2)7-5-4-6-17-7/h4-6H,3H2,1-2H3. The van der Waals surface area contributed by atoms with Crippen molar-refractivity contribution in [1.82, 2.24) is 24.1 Å². The maximum Gasteiger partial charge on any atom is 0.200 e. The number of hydrogen-bond donors (Lipinski definition) is 0. The molecular formula is C11H11N5OS2. The van der Waals surface area contributed by atoms with Crippen LogP contribution < -0.4 is 0 Å². The van der Waals surface area contributed by atoms with Crippen LogP contribution in [0.2, 0.25) is 0 Å². The van der Waals surface area contributed by atoms with Gasteiger partial charge in [-0.1, -0.05) is 6.92 Å². The Morgan fingerprint density at radius 3 is 3.00 bits per heavy atom. The van der Waals surface area contributed by atoms with E-state index in [1.807, 2.05) is 30.7 Å². The number of aryl methyl sites for hydroxylation is 1. The van der Waals surface area contributed by atoms with Crippen molar-refractivity contribution in [3.63, 3.8) is 0 Å². The van der Waals surface area contributed by atoms with Gasteiger partial charge in [-0.05, 0) is 35.4 Å². The van der Waals surface area contributed by atoms with Crippen LogP contribution in [0.3, 0.4) is 0 Å². The van der Waals surface area contributed by atoms with Crippen molar-refractivity contribution in [2.75, 3.05) is 0 Å². The molecule has 3 heterocycles. The number of nitrogens with zero attached hydrogens (tertiary/aromatic N) is 5. The van der Waals surface area contributed by atoms with Gasteiger partial charge in [0.1, 0.15) is 5.82 Å². The lowest BCUT2D eigenvalue weighted by Gasteiger charge is -1.99. The van der Waals surface area contributed by atoms with Crippen LogP contribution in [0.4, 0.5) is 0 Å². The van der Waals surface area contributed by atoms with Crippen molar-refractivity contribution in [3.8, 4) is 11.6 Å². The minimum absolute atomic E-state index is 0.702. The highest BCUT2D eigenvalue weighted by Gasteiger charge is 2.15. The monoisotopic (exact) mass is 293 g/mol. The Morgan fingerprint density at radius 1 is 1.42 bits per heavy atom. The molecule has 0 atom stereocenters. The Kier molecular flexibility index (Phi) is 3.34. The molecule has 0 saturated heterocycles. The molecule has 98 valence electrons. The molecule has 3 aromatic heterocycles. The van der Waals surface area contributed by atoms with Gasteiger partial charge in [-0.2, -0.15) is 4.37 Å². The smallest absolute Gasteiger partial charge is 0.200 e. The molecule has 8 heteroatoms. The van der Waals surface area contributed by atoms with E-state index in [0.29, 0.717) is 11.6 Å². The summed E-state index contributed by atoms with van der Waals surface area (Å²) in [7, 11) is 1.90. The van der Waals surface area contributed by atoms with Gasteiger partial charge in [0.2, 0.25) is 0 Å². The first-order valence-corrected chi connectivity index (χ1v) is 7.30. The molecule has 0 spiro atoms. The molecule has 6 nitrogen and oxygen atoms in total. The molecule has 19 heavy (non-hydrogen) atoms. The molecule has 0 amide bonds. The Balaban J connectivity index is 1.86. The molecule has 0 N–H and O–H groups in total. The number of rotatable bonds is 4. The predicted molar refractivity (Wildman–Crippen MR) is 72.1 cm³/mol. The average Bonchev–Trinajstić information content (AvgIpc) is 3.12. The third-order valence-electron chi connectivity index (χ3n) is 2.52. The summed E-state index contributed by atoms with van der Waals surface area (Å²) in [5, 5.41) is 9.06. The van der Waals surface area contributed by atoms with E-state index in [0.717, 1.165) is 21.7 Å². The lowest BCUT2D eigenvalue weighted by Crippen LogP contribution is -1.93. The zero-order valence-electron chi connectivity index (χ0n) is 10.4. The van der Waals surface area contributed by atoms with Crippen molar-refractivity contribution in [1.29, 1.82) is 0 Å². The number of furan rings is 1. The van der Waals surface area contributed by atoms with Gasteiger partial charge in [0, 0.05) is 13.5 Å². The molecule has 0 unspecified atom stereocenters. The summed E-state index contributed by atoms with van der Waals surface area (Å²) in [6, 6.07) is 3.69. The van der Waals surface area contributed by atoms with Crippen LogP contribution >= 0.6 is 23.3 Å². The number of aromatic nitrogens is 5. The van der Waals surface area contributed by atoms with Gasteiger partial charge in [-0.3, -0.25) is 0 Å². The van der Waals surface area contributed by atoms with E-state index in [9.17, 15) is 0 Å². The average molecular weight is 293 g/mol. The SMILES string of the molecule is CCc1nsc(Sc2nnc(-c3ccco3)n2C)n1. The summed E-state index contributed by atoms with van der Waals surface area (Å²) in [4.78, 5) is 4.40. The van der Waals surface area contributed by atoms with E-state index >= 15 is 0 Å². The Morgan fingerprint density at radius 2 is 2.32 bits per heavy atom. The molecule has 0 saturated carbocycles. The van der Waals surface area contributed by atoms with E-state index in [1.54, 1.807) is 6.26 Å². The zero-order chi connectivity index (χ0) is 13.2. The van der Waals surface area contributed by atoms with Crippen molar-refractivity contribution in [2.45, 2.75) is 22.8 Å². The highest BCUT2D eigenvalue weighted by atomic mass is 32.2. The second kappa shape index (κ2) is 5.14.